The number of amides is 1. The Kier molecular flexibility index (Phi) is 3.92. The monoisotopic (exact) mass is 287 g/mol. The number of fused-ring (bicyclic) bond motifs is 1. The van der Waals surface area contributed by atoms with Crippen molar-refractivity contribution in [3.63, 3.8) is 0 Å². The first-order valence-corrected chi connectivity index (χ1v) is 7.52. The summed E-state index contributed by atoms with van der Waals surface area (Å²) in [5.74, 6) is 0.573. The van der Waals surface area contributed by atoms with Crippen molar-refractivity contribution >= 4 is 16.9 Å². The van der Waals surface area contributed by atoms with Crippen LogP contribution in [0.15, 0.2) is 30.6 Å². The maximum absolute atomic E-state index is 12.7. The second kappa shape index (κ2) is 5.85. The van der Waals surface area contributed by atoms with E-state index in [1.165, 1.54) is 0 Å². The van der Waals surface area contributed by atoms with Crippen LogP contribution in [0, 0.1) is 5.92 Å². The number of nitrogens with zero attached hydrogens (tertiary/aromatic N) is 3. The van der Waals surface area contributed by atoms with Gasteiger partial charge in [0.25, 0.3) is 0 Å². The maximum Gasteiger partial charge on any atom is 0.245 e. The molecule has 0 radical (unpaired) electrons. The molecule has 21 heavy (non-hydrogen) atoms. The number of aromatic nitrogens is 2. The van der Waals surface area contributed by atoms with Gasteiger partial charge in [0, 0.05) is 19.7 Å². The molecule has 1 aliphatic heterocycles. The number of para-hydroxylation sites is 2. The number of rotatable bonds is 4. The number of aliphatic hydroxyl groups is 1. The van der Waals surface area contributed by atoms with Gasteiger partial charge < -0.3 is 14.6 Å². The van der Waals surface area contributed by atoms with Gasteiger partial charge in [-0.15, -0.1) is 0 Å². The van der Waals surface area contributed by atoms with Crippen molar-refractivity contribution < 1.29 is 9.90 Å². The molecule has 2 heterocycles. The van der Waals surface area contributed by atoms with Crippen LogP contribution in [0.2, 0.25) is 0 Å². The lowest BCUT2D eigenvalue weighted by Gasteiger charge is -2.22. The van der Waals surface area contributed by atoms with Gasteiger partial charge >= 0.3 is 0 Å². The lowest BCUT2D eigenvalue weighted by Crippen LogP contribution is -2.34. The van der Waals surface area contributed by atoms with Crippen LogP contribution in [0.4, 0.5) is 0 Å². The fourth-order valence-corrected chi connectivity index (χ4v) is 3.12. The average Bonchev–Trinajstić information content (AvgIpc) is 3.13. The van der Waals surface area contributed by atoms with Crippen LogP contribution in [0.1, 0.15) is 25.8 Å². The Hall–Kier alpha value is -1.88. The van der Waals surface area contributed by atoms with Crippen LogP contribution in [0.5, 0.6) is 0 Å². The molecule has 1 fully saturated rings. The minimum atomic E-state index is -0.245. The zero-order valence-electron chi connectivity index (χ0n) is 12.3. The summed E-state index contributed by atoms with van der Waals surface area (Å²) in [6.45, 7) is 3.68. The number of imidazole rings is 1. The van der Waals surface area contributed by atoms with Gasteiger partial charge in [-0.05, 0) is 37.8 Å². The summed E-state index contributed by atoms with van der Waals surface area (Å²) in [6, 6.07) is 7.61. The maximum atomic E-state index is 12.7. The summed E-state index contributed by atoms with van der Waals surface area (Å²) < 4.78 is 1.94. The predicted molar refractivity (Wildman–Crippen MR) is 80.8 cm³/mol. The Balaban J connectivity index is 1.76. The first-order chi connectivity index (χ1) is 10.2. The van der Waals surface area contributed by atoms with Crippen molar-refractivity contribution in [3.05, 3.63) is 30.6 Å². The molecular formula is C16H21N3O2. The Morgan fingerprint density at radius 3 is 3.10 bits per heavy atom. The largest absolute Gasteiger partial charge is 0.396 e. The van der Waals surface area contributed by atoms with Gasteiger partial charge in [-0.1, -0.05) is 12.1 Å². The van der Waals surface area contributed by atoms with Crippen molar-refractivity contribution in [2.75, 3.05) is 19.7 Å². The van der Waals surface area contributed by atoms with E-state index in [0.717, 1.165) is 37.0 Å². The summed E-state index contributed by atoms with van der Waals surface area (Å²) in [7, 11) is 0. The number of carbonyl (C=O) groups is 1. The highest BCUT2D eigenvalue weighted by Gasteiger charge is 2.29. The molecule has 5 heteroatoms. The van der Waals surface area contributed by atoms with E-state index in [-0.39, 0.29) is 18.6 Å². The number of aliphatic hydroxyl groups excluding tert-OH is 1. The van der Waals surface area contributed by atoms with Crippen molar-refractivity contribution in [1.29, 1.82) is 0 Å². The molecule has 0 spiro atoms. The van der Waals surface area contributed by atoms with Gasteiger partial charge in [0.05, 0.1) is 17.4 Å². The molecule has 0 aliphatic carbocycles. The Labute approximate surface area is 124 Å². The molecule has 1 amide bonds. The van der Waals surface area contributed by atoms with Gasteiger partial charge in [-0.25, -0.2) is 4.98 Å². The topological polar surface area (TPSA) is 58.4 Å². The third kappa shape index (κ3) is 2.65. The van der Waals surface area contributed by atoms with E-state index in [9.17, 15) is 4.79 Å². The second-order valence-electron chi connectivity index (χ2n) is 5.77. The van der Waals surface area contributed by atoms with E-state index in [1.54, 1.807) is 6.33 Å². The first kappa shape index (κ1) is 14.1. The third-order valence-electron chi connectivity index (χ3n) is 4.39. The van der Waals surface area contributed by atoms with E-state index in [1.807, 2.05) is 40.7 Å². The molecular weight excluding hydrogens is 266 g/mol. The van der Waals surface area contributed by atoms with Crippen LogP contribution in [-0.2, 0) is 4.79 Å². The molecule has 3 rings (SSSR count). The molecule has 0 saturated carbocycles. The minimum Gasteiger partial charge on any atom is -0.396 e. The molecule has 1 aromatic carbocycles. The number of hydrogen-bond donors (Lipinski definition) is 1. The van der Waals surface area contributed by atoms with Crippen LogP contribution < -0.4 is 0 Å². The van der Waals surface area contributed by atoms with Crippen LogP contribution >= 0.6 is 0 Å². The summed E-state index contributed by atoms with van der Waals surface area (Å²) in [5.41, 5.74) is 1.90. The summed E-state index contributed by atoms with van der Waals surface area (Å²) >= 11 is 0. The number of carbonyl (C=O) groups excluding carboxylic acids is 1. The van der Waals surface area contributed by atoms with Gasteiger partial charge in [-0.3, -0.25) is 4.79 Å². The van der Waals surface area contributed by atoms with E-state index < -0.39 is 0 Å². The number of hydrogen-bond acceptors (Lipinski definition) is 3. The highest BCUT2D eigenvalue weighted by Crippen LogP contribution is 2.24. The minimum absolute atomic E-state index is 0.138. The standard InChI is InChI=1S/C16H21N3O2/c1-12(16(21)18-8-6-13(10-18)7-9-20)19-11-17-14-4-2-3-5-15(14)19/h2-5,11-13,20H,6-10H2,1H3. The van der Waals surface area contributed by atoms with Gasteiger partial charge in [0.2, 0.25) is 5.91 Å². The third-order valence-corrected chi connectivity index (χ3v) is 4.39. The van der Waals surface area contributed by atoms with E-state index in [4.69, 9.17) is 5.11 Å². The fraction of sp³-hybridized carbons (Fsp3) is 0.500. The molecule has 1 saturated heterocycles. The molecule has 112 valence electrons. The first-order valence-electron chi connectivity index (χ1n) is 7.52. The van der Waals surface area contributed by atoms with Crippen LogP contribution in [-0.4, -0.2) is 45.2 Å². The molecule has 0 bridgehead atoms. The molecule has 1 aliphatic rings. The SMILES string of the molecule is CC(C(=O)N1CCC(CCO)C1)n1cnc2ccccc21. The quantitative estimate of drug-likeness (QED) is 0.933. The molecule has 2 atom stereocenters. The summed E-state index contributed by atoms with van der Waals surface area (Å²) in [6.07, 6.45) is 3.52. The summed E-state index contributed by atoms with van der Waals surface area (Å²) in [4.78, 5) is 18.9. The van der Waals surface area contributed by atoms with E-state index >= 15 is 0 Å². The van der Waals surface area contributed by atoms with Crippen molar-refractivity contribution in [2.24, 2.45) is 5.92 Å². The van der Waals surface area contributed by atoms with Gasteiger partial charge in [0.1, 0.15) is 6.04 Å². The average molecular weight is 287 g/mol. The van der Waals surface area contributed by atoms with Crippen molar-refractivity contribution in [3.8, 4) is 0 Å². The highest BCUT2D eigenvalue weighted by molar-refractivity contribution is 5.83. The van der Waals surface area contributed by atoms with Crippen LogP contribution in [0.25, 0.3) is 11.0 Å². The molecule has 2 unspecified atom stereocenters. The lowest BCUT2D eigenvalue weighted by molar-refractivity contribution is -0.133. The highest BCUT2D eigenvalue weighted by atomic mass is 16.3. The summed E-state index contributed by atoms with van der Waals surface area (Å²) in [5, 5.41) is 9.01. The smallest absolute Gasteiger partial charge is 0.245 e. The molecule has 5 nitrogen and oxygen atoms in total. The number of likely N-dealkylation sites (tertiary alicyclic amines) is 1. The normalized spacial score (nSPS) is 20.1. The molecule has 2 aromatic rings. The lowest BCUT2D eigenvalue weighted by atomic mass is 10.1. The van der Waals surface area contributed by atoms with Gasteiger partial charge in [-0.2, -0.15) is 0 Å². The zero-order valence-corrected chi connectivity index (χ0v) is 12.3. The van der Waals surface area contributed by atoms with Crippen molar-refractivity contribution in [2.45, 2.75) is 25.8 Å². The van der Waals surface area contributed by atoms with Crippen molar-refractivity contribution in [1.82, 2.24) is 14.5 Å². The predicted octanol–water partition coefficient (Wildman–Crippen LogP) is 1.83. The van der Waals surface area contributed by atoms with E-state index in [2.05, 4.69) is 4.98 Å². The Morgan fingerprint density at radius 2 is 2.29 bits per heavy atom. The molecule has 1 aromatic heterocycles. The fourth-order valence-electron chi connectivity index (χ4n) is 3.12. The Morgan fingerprint density at radius 1 is 1.48 bits per heavy atom. The number of benzene rings is 1. The zero-order chi connectivity index (χ0) is 14.8. The molecule has 1 N–H and O–H groups in total. The van der Waals surface area contributed by atoms with Crippen LogP contribution in [0.3, 0.4) is 0 Å². The Bertz CT molecular complexity index is 637. The van der Waals surface area contributed by atoms with E-state index in [0.29, 0.717) is 5.92 Å². The second-order valence-corrected chi connectivity index (χ2v) is 5.77. The van der Waals surface area contributed by atoms with Gasteiger partial charge in [0.15, 0.2) is 0 Å².